The number of hydrogen-bond acceptors (Lipinski definition) is 4. The standard InChI is InChI=1S/C13H26N4O.3ClH/c1-3-15-8-10-17(11-9-15)13(18)12(2)16-6-4-14-5-7-16;;;/h12,14H,3-11H2,1-2H3;3*1H. The van der Waals surface area contributed by atoms with E-state index in [2.05, 4.69) is 29.0 Å². The molecule has 0 aromatic carbocycles. The molecule has 5 nitrogen and oxygen atoms in total. The molecule has 1 atom stereocenters. The third kappa shape index (κ3) is 6.47. The van der Waals surface area contributed by atoms with Crippen LogP contribution in [0, 0.1) is 0 Å². The fraction of sp³-hybridized carbons (Fsp3) is 0.923. The van der Waals surface area contributed by atoms with Gasteiger partial charge in [-0.05, 0) is 13.5 Å². The van der Waals surface area contributed by atoms with Crippen molar-refractivity contribution in [3.05, 3.63) is 0 Å². The van der Waals surface area contributed by atoms with Crippen molar-refractivity contribution < 1.29 is 4.79 Å². The number of piperazine rings is 2. The SMILES string of the molecule is CCN1CCN(C(=O)C(C)N2CCNCC2)CC1.Cl.Cl.Cl. The normalized spacial score (nSPS) is 21.5. The Balaban J connectivity index is 0. The maximum absolute atomic E-state index is 12.4. The van der Waals surface area contributed by atoms with Gasteiger partial charge >= 0.3 is 0 Å². The Morgan fingerprint density at radius 1 is 1.00 bits per heavy atom. The summed E-state index contributed by atoms with van der Waals surface area (Å²) in [6.07, 6.45) is 0. The van der Waals surface area contributed by atoms with Crippen LogP contribution in [-0.4, -0.2) is 85.6 Å². The van der Waals surface area contributed by atoms with Gasteiger partial charge in [-0.3, -0.25) is 9.69 Å². The molecule has 2 aliphatic heterocycles. The molecule has 2 saturated heterocycles. The van der Waals surface area contributed by atoms with E-state index in [4.69, 9.17) is 0 Å². The monoisotopic (exact) mass is 362 g/mol. The topological polar surface area (TPSA) is 38.8 Å². The van der Waals surface area contributed by atoms with E-state index in [-0.39, 0.29) is 43.3 Å². The molecule has 0 aliphatic carbocycles. The fourth-order valence-electron chi connectivity index (χ4n) is 2.77. The summed E-state index contributed by atoms with van der Waals surface area (Å²) in [6.45, 7) is 13.1. The van der Waals surface area contributed by atoms with E-state index >= 15 is 0 Å². The van der Waals surface area contributed by atoms with Gasteiger partial charge in [0, 0.05) is 52.4 Å². The van der Waals surface area contributed by atoms with Gasteiger partial charge in [-0.15, -0.1) is 37.2 Å². The van der Waals surface area contributed by atoms with E-state index in [1.54, 1.807) is 0 Å². The molecule has 2 rings (SSSR count). The van der Waals surface area contributed by atoms with Crippen molar-refractivity contribution in [1.82, 2.24) is 20.0 Å². The highest BCUT2D eigenvalue weighted by Gasteiger charge is 2.28. The number of rotatable bonds is 3. The van der Waals surface area contributed by atoms with Crippen molar-refractivity contribution in [1.29, 1.82) is 0 Å². The average Bonchev–Trinajstić information content (AvgIpc) is 2.47. The van der Waals surface area contributed by atoms with E-state index in [0.29, 0.717) is 5.91 Å². The van der Waals surface area contributed by atoms with Crippen LogP contribution < -0.4 is 5.32 Å². The van der Waals surface area contributed by atoms with Crippen molar-refractivity contribution in [3.8, 4) is 0 Å². The summed E-state index contributed by atoms with van der Waals surface area (Å²) in [7, 11) is 0. The van der Waals surface area contributed by atoms with Crippen molar-refractivity contribution in [2.75, 3.05) is 58.9 Å². The molecule has 0 radical (unpaired) electrons. The maximum atomic E-state index is 12.4. The first-order chi connectivity index (χ1) is 8.72. The van der Waals surface area contributed by atoms with Gasteiger partial charge in [-0.1, -0.05) is 6.92 Å². The first-order valence-electron chi connectivity index (χ1n) is 7.18. The minimum absolute atomic E-state index is 0. The molecule has 2 fully saturated rings. The van der Waals surface area contributed by atoms with Crippen molar-refractivity contribution in [2.24, 2.45) is 0 Å². The molecule has 1 N–H and O–H groups in total. The summed E-state index contributed by atoms with van der Waals surface area (Å²) < 4.78 is 0. The summed E-state index contributed by atoms with van der Waals surface area (Å²) >= 11 is 0. The third-order valence-electron chi connectivity index (χ3n) is 4.19. The molecule has 0 bridgehead atoms. The molecule has 8 heteroatoms. The van der Waals surface area contributed by atoms with Crippen LogP contribution in [0.15, 0.2) is 0 Å². The zero-order chi connectivity index (χ0) is 13.0. The number of halogens is 3. The second kappa shape index (κ2) is 11.7. The highest BCUT2D eigenvalue weighted by atomic mass is 35.5. The molecule has 2 aliphatic rings. The molecule has 128 valence electrons. The minimum atomic E-state index is 0. The van der Waals surface area contributed by atoms with Crippen LogP contribution in [0.3, 0.4) is 0 Å². The van der Waals surface area contributed by atoms with Crippen LogP contribution in [-0.2, 0) is 4.79 Å². The van der Waals surface area contributed by atoms with Crippen molar-refractivity contribution in [3.63, 3.8) is 0 Å². The number of amides is 1. The maximum Gasteiger partial charge on any atom is 0.239 e. The minimum Gasteiger partial charge on any atom is -0.339 e. The quantitative estimate of drug-likeness (QED) is 0.801. The molecule has 0 aromatic heterocycles. The number of carbonyl (C=O) groups is 1. The van der Waals surface area contributed by atoms with Gasteiger partial charge in [-0.2, -0.15) is 0 Å². The van der Waals surface area contributed by atoms with Crippen LogP contribution in [0.2, 0.25) is 0 Å². The molecule has 0 spiro atoms. The van der Waals surface area contributed by atoms with E-state index in [9.17, 15) is 4.79 Å². The summed E-state index contributed by atoms with van der Waals surface area (Å²) in [5.74, 6) is 0.313. The lowest BCUT2D eigenvalue weighted by molar-refractivity contribution is -0.138. The molecular formula is C13H29Cl3N4O. The van der Waals surface area contributed by atoms with Crippen molar-refractivity contribution >= 4 is 43.1 Å². The van der Waals surface area contributed by atoms with Gasteiger partial charge in [0.1, 0.15) is 0 Å². The van der Waals surface area contributed by atoms with Gasteiger partial charge in [-0.25, -0.2) is 0 Å². The van der Waals surface area contributed by atoms with E-state index in [0.717, 1.165) is 58.9 Å². The highest BCUT2D eigenvalue weighted by Crippen LogP contribution is 2.08. The molecule has 2 heterocycles. The Morgan fingerprint density at radius 2 is 1.52 bits per heavy atom. The Labute approximate surface area is 147 Å². The average molecular weight is 364 g/mol. The van der Waals surface area contributed by atoms with E-state index in [1.165, 1.54) is 0 Å². The van der Waals surface area contributed by atoms with Crippen LogP contribution in [0.25, 0.3) is 0 Å². The molecule has 1 amide bonds. The fourth-order valence-corrected chi connectivity index (χ4v) is 2.77. The largest absolute Gasteiger partial charge is 0.339 e. The summed E-state index contributed by atoms with van der Waals surface area (Å²) in [5.41, 5.74) is 0. The third-order valence-corrected chi connectivity index (χ3v) is 4.19. The Bertz CT molecular complexity index is 283. The summed E-state index contributed by atoms with van der Waals surface area (Å²) in [6, 6.07) is 0.0419. The van der Waals surface area contributed by atoms with E-state index in [1.807, 2.05) is 4.90 Å². The number of nitrogens with one attached hydrogen (secondary N) is 1. The molecular weight excluding hydrogens is 335 g/mol. The van der Waals surface area contributed by atoms with Gasteiger partial charge in [0.05, 0.1) is 6.04 Å². The van der Waals surface area contributed by atoms with Crippen molar-refractivity contribution in [2.45, 2.75) is 19.9 Å². The van der Waals surface area contributed by atoms with Gasteiger partial charge in [0.2, 0.25) is 5.91 Å². The lowest BCUT2D eigenvalue weighted by Crippen LogP contribution is -2.56. The molecule has 0 aromatic rings. The second-order valence-electron chi connectivity index (χ2n) is 5.22. The van der Waals surface area contributed by atoms with Crippen LogP contribution in [0.1, 0.15) is 13.8 Å². The van der Waals surface area contributed by atoms with Crippen LogP contribution >= 0.6 is 37.2 Å². The number of nitrogens with zero attached hydrogens (tertiary/aromatic N) is 3. The van der Waals surface area contributed by atoms with Gasteiger partial charge < -0.3 is 15.1 Å². The Hall–Kier alpha value is 0.220. The van der Waals surface area contributed by atoms with E-state index < -0.39 is 0 Å². The zero-order valence-electron chi connectivity index (χ0n) is 12.9. The van der Waals surface area contributed by atoms with Gasteiger partial charge in [0.25, 0.3) is 0 Å². The van der Waals surface area contributed by atoms with Crippen LogP contribution in [0.5, 0.6) is 0 Å². The lowest BCUT2D eigenvalue weighted by atomic mass is 10.2. The highest BCUT2D eigenvalue weighted by molar-refractivity contribution is 5.86. The smallest absolute Gasteiger partial charge is 0.239 e. The number of likely N-dealkylation sites (N-methyl/N-ethyl adjacent to an activating group) is 1. The summed E-state index contributed by atoms with van der Waals surface area (Å²) in [4.78, 5) is 19.2. The number of hydrogen-bond donors (Lipinski definition) is 1. The van der Waals surface area contributed by atoms with Gasteiger partial charge in [0.15, 0.2) is 0 Å². The first-order valence-corrected chi connectivity index (χ1v) is 7.18. The second-order valence-corrected chi connectivity index (χ2v) is 5.22. The Morgan fingerprint density at radius 3 is 2.00 bits per heavy atom. The first kappa shape index (κ1) is 23.5. The number of carbonyl (C=O) groups excluding carboxylic acids is 1. The molecule has 0 saturated carbocycles. The predicted octanol–water partition coefficient (Wildman–Crippen LogP) is 0.710. The Kier molecular flexibility index (Phi) is 13.1. The molecule has 1 unspecified atom stereocenters. The lowest BCUT2D eigenvalue weighted by Gasteiger charge is -2.38. The predicted molar refractivity (Wildman–Crippen MR) is 94.3 cm³/mol. The van der Waals surface area contributed by atoms with Crippen LogP contribution in [0.4, 0.5) is 0 Å². The zero-order valence-corrected chi connectivity index (χ0v) is 15.4. The molecule has 21 heavy (non-hydrogen) atoms. The summed E-state index contributed by atoms with van der Waals surface area (Å²) in [5, 5.41) is 3.33.